The molecule has 1 heterocycles. The topological polar surface area (TPSA) is 51.5 Å². The molecule has 0 fully saturated rings. The molecule has 0 unspecified atom stereocenters. The second-order valence-electron chi connectivity index (χ2n) is 11.5. The summed E-state index contributed by atoms with van der Waals surface area (Å²) < 4.78 is 7.72. The van der Waals surface area contributed by atoms with Crippen LogP contribution in [-0.4, -0.2) is 21.7 Å². The fourth-order valence-electron chi connectivity index (χ4n) is 5.17. The maximum absolute atomic E-state index is 12.9. The highest BCUT2D eigenvalue weighted by atomic mass is 35.5. The third-order valence-corrected chi connectivity index (χ3v) is 7.33. The lowest BCUT2D eigenvalue weighted by molar-refractivity contribution is 0.0687. The van der Waals surface area contributed by atoms with E-state index in [0.717, 1.165) is 38.9 Å². The number of aromatic carboxylic acids is 1. The van der Waals surface area contributed by atoms with Crippen molar-refractivity contribution in [1.29, 1.82) is 0 Å². The van der Waals surface area contributed by atoms with Gasteiger partial charge in [0.2, 0.25) is 0 Å². The van der Waals surface area contributed by atoms with Crippen molar-refractivity contribution < 1.29 is 14.6 Å². The molecule has 204 valence electrons. The van der Waals surface area contributed by atoms with Gasteiger partial charge in [0.15, 0.2) is 0 Å². The van der Waals surface area contributed by atoms with Crippen molar-refractivity contribution in [2.45, 2.75) is 52.7 Å². The second-order valence-corrected chi connectivity index (χ2v) is 11.9. The van der Waals surface area contributed by atoms with E-state index in [-0.39, 0.29) is 17.2 Å². The summed E-state index contributed by atoms with van der Waals surface area (Å²) in [5.41, 5.74) is 6.99. The van der Waals surface area contributed by atoms with Crippen LogP contribution in [-0.2, 0) is 12.0 Å². The van der Waals surface area contributed by atoms with Gasteiger partial charge in [0.25, 0.3) is 0 Å². The lowest BCUT2D eigenvalue weighted by atomic mass is 9.86. The molecule has 0 amide bonds. The van der Waals surface area contributed by atoms with E-state index in [1.807, 2.05) is 73.0 Å². The Bertz CT molecular complexity index is 1670. The molecule has 0 saturated heterocycles. The Morgan fingerprint density at radius 2 is 1.52 bits per heavy atom. The molecule has 5 heteroatoms. The number of benzene rings is 4. The maximum atomic E-state index is 12.9. The van der Waals surface area contributed by atoms with Crippen LogP contribution in [0.2, 0.25) is 5.02 Å². The van der Waals surface area contributed by atoms with Crippen molar-refractivity contribution in [3.63, 3.8) is 0 Å². The van der Waals surface area contributed by atoms with Crippen LogP contribution < -0.4 is 4.74 Å². The molecule has 0 aliphatic carbocycles. The molecule has 0 saturated carbocycles. The fourth-order valence-corrected chi connectivity index (χ4v) is 5.38. The minimum atomic E-state index is -0.980. The van der Waals surface area contributed by atoms with Gasteiger partial charge in [0.05, 0.1) is 6.10 Å². The van der Waals surface area contributed by atoms with E-state index in [0.29, 0.717) is 17.1 Å². The van der Waals surface area contributed by atoms with Gasteiger partial charge in [-0.15, -0.1) is 0 Å². The van der Waals surface area contributed by atoms with Crippen LogP contribution in [0.3, 0.4) is 0 Å². The Labute approximate surface area is 240 Å². The van der Waals surface area contributed by atoms with Crippen LogP contribution in [0, 0.1) is 0 Å². The number of carboxylic acids is 1. The molecule has 4 aromatic carbocycles. The number of nitrogens with zero attached hydrogens (tertiary/aromatic N) is 1. The Kier molecular flexibility index (Phi) is 7.48. The number of halogens is 1. The van der Waals surface area contributed by atoms with Gasteiger partial charge in [-0.05, 0) is 83.5 Å². The zero-order valence-corrected chi connectivity index (χ0v) is 24.3. The van der Waals surface area contributed by atoms with Gasteiger partial charge >= 0.3 is 5.97 Å². The van der Waals surface area contributed by atoms with Gasteiger partial charge in [0, 0.05) is 28.0 Å². The van der Waals surface area contributed by atoms with E-state index >= 15 is 0 Å². The number of aromatic nitrogens is 1. The molecule has 0 aliphatic heterocycles. The molecule has 0 radical (unpaired) electrons. The molecular formula is C35H34ClNO3. The van der Waals surface area contributed by atoms with Crippen LogP contribution in [0.4, 0.5) is 0 Å². The van der Waals surface area contributed by atoms with Crippen molar-refractivity contribution in [3.05, 3.63) is 113 Å². The fraction of sp³-hybridized carbons (Fsp3) is 0.229. The van der Waals surface area contributed by atoms with Gasteiger partial charge in [-0.3, -0.25) is 0 Å². The van der Waals surface area contributed by atoms with Crippen molar-refractivity contribution in [3.8, 4) is 28.0 Å². The molecule has 5 aromatic rings. The van der Waals surface area contributed by atoms with E-state index < -0.39 is 5.97 Å². The third kappa shape index (κ3) is 5.64. The molecule has 0 aliphatic rings. The lowest BCUT2D eigenvalue weighted by Crippen LogP contribution is -2.10. The Morgan fingerprint density at radius 1 is 0.875 bits per heavy atom. The van der Waals surface area contributed by atoms with Crippen molar-refractivity contribution in [2.75, 3.05) is 0 Å². The Balaban J connectivity index is 1.71. The summed E-state index contributed by atoms with van der Waals surface area (Å²) in [7, 11) is 0. The summed E-state index contributed by atoms with van der Waals surface area (Å²) in [6.45, 7) is 11.0. The summed E-state index contributed by atoms with van der Waals surface area (Å²) in [6.07, 6.45) is 0.0484. The highest BCUT2D eigenvalue weighted by Gasteiger charge is 2.24. The minimum Gasteiger partial charge on any atom is -0.491 e. The molecule has 1 aromatic heterocycles. The van der Waals surface area contributed by atoms with Crippen molar-refractivity contribution >= 4 is 28.5 Å². The normalized spacial score (nSPS) is 11.8. The van der Waals surface area contributed by atoms with E-state index in [1.54, 1.807) is 0 Å². The number of fused-ring (bicyclic) bond motifs is 1. The van der Waals surface area contributed by atoms with Gasteiger partial charge in [-0.1, -0.05) is 87.0 Å². The van der Waals surface area contributed by atoms with Crippen LogP contribution in [0.25, 0.3) is 33.2 Å². The Hall–Kier alpha value is -4.02. The predicted octanol–water partition coefficient (Wildman–Crippen LogP) is 9.46. The molecule has 1 N–H and O–H groups in total. The van der Waals surface area contributed by atoms with Gasteiger partial charge in [-0.25, -0.2) is 4.79 Å². The minimum absolute atomic E-state index is 0.0484. The molecule has 5 rings (SSSR count). The average Bonchev–Trinajstić information content (AvgIpc) is 3.22. The number of hydrogen-bond acceptors (Lipinski definition) is 2. The van der Waals surface area contributed by atoms with Crippen LogP contribution in [0.15, 0.2) is 91.0 Å². The molecule has 0 bridgehead atoms. The smallest absolute Gasteiger partial charge is 0.353 e. The van der Waals surface area contributed by atoms with E-state index in [9.17, 15) is 9.90 Å². The molecule has 40 heavy (non-hydrogen) atoms. The van der Waals surface area contributed by atoms with E-state index in [2.05, 4.69) is 57.2 Å². The largest absolute Gasteiger partial charge is 0.491 e. The summed E-state index contributed by atoms with van der Waals surface area (Å²) >= 11 is 6.27. The first-order chi connectivity index (χ1) is 19.0. The first-order valence-electron chi connectivity index (χ1n) is 13.5. The summed E-state index contributed by atoms with van der Waals surface area (Å²) in [4.78, 5) is 12.9. The Morgan fingerprint density at radius 3 is 2.12 bits per heavy atom. The highest BCUT2D eigenvalue weighted by Crippen LogP contribution is 2.39. The number of carbonyl (C=O) groups is 1. The first kappa shape index (κ1) is 27.5. The van der Waals surface area contributed by atoms with Crippen molar-refractivity contribution in [1.82, 2.24) is 4.57 Å². The van der Waals surface area contributed by atoms with Crippen LogP contribution in [0.5, 0.6) is 5.75 Å². The molecule has 0 atom stereocenters. The summed E-state index contributed by atoms with van der Waals surface area (Å²) in [5.74, 6) is -0.232. The maximum Gasteiger partial charge on any atom is 0.353 e. The zero-order valence-electron chi connectivity index (χ0n) is 23.5. The molecule has 4 nitrogen and oxygen atoms in total. The number of carboxylic acid groups (broad SMARTS) is 1. The highest BCUT2D eigenvalue weighted by molar-refractivity contribution is 6.30. The first-order valence-corrected chi connectivity index (χ1v) is 13.9. The van der Waals surface area contributed by atoms with Gasteiger partial charge in [0.1, 0.15) is 11.4 Å². The van der Waals surface area contributed by atoms with Crippen LogP contribution >= 0.6 is 11.6 Å². The lowest BCUT2D eigenvalue weighted by Gasteiger charge is -2.19. The summed E-state index contributed by atoms with van der Waals surface area (Å²) in [6, 6.07) is 30.0. The second kappa shape index (κ2) is 10.9. The van der Waals surface area contributed by atoms with Gasteiger partial charge < -0.3 is 14.4 Å². The number of rotatable bonds is 7. The quantitative estimate of drug-likeness (QED) is 0.219. The standard InChI is InChI=1S/C35H34ClNO3/c1-22(2)40-29-16-11-25(12-17-29)32-30-20-26(24-9-14-27(15-10-24)35(3,4)5)13-18-31(30)37(33(32)34(38)39)21-23-7-6-8-28(36)19-23/h6-20,22H,21H2,1-5H3,(H,38,39). The number of hydrogen-bond donors (Lipinski definition) is 1. The third-order valence-electron chi connectivity index (χ3n) is 7.09. The van der Waals surface area contributed by atoms with E-state index in [1.165, 1.54) is 5.56 Å². The zero-order chi connectivity index (χ0) is 28.6. The summed E-state index contributed by atoms with van der Waals surface area (Å²) in [5, 5.41) is 12.0. The van der Waals surface area contributed by atoms with Crippen LogP contribution in [0.1, 0.15) is 56.2 Å². The number of ether oxygens (including phenoxy) is 1. The van der Waals surface area contributed by atoms with Crippen molar-refractivity contribution in [2.24, 2.45) is 0 Å². The SMILES string of the molecule is CC(C)Oc1ccc(-c2c(C(=O)O)n(Cc3cccc(Cl)c3)c3ccc(-c4ccc(C(C)(C)C)cc4)cc23)cc1. The monoisotopic (exact) mass is 551 g/mol. The van der Waals surface area contributed by atoms with E-state index in [4.69, 9.17) is 16.3 Å². The molecular weight excluding hydrogens is 518 g/mol. The predicted molar refractivity (Wildman–Crippen MR) is 165 cm³/mol. The van der Waals surface area contributed by atoms with Gasteiger partial charge in [-0.2, -0.15) is 0 Å². The molecule has 0 spiro atoms. The average molecular weight is 552 g/mol.